The van der Waals surface area contributed by atoms with Crippen molar-refractivity contribution >= 4 is 11.6 Å². The van der Waals surface area contributed by atoms with Gasteiger partial charge in [0, 0.05) is 11.8 Å². The molecule has 2 rings (SSSR count). The van der Waals surface area contributed by atoms with Crippen LogP contribution in [0.5, 0.6) is 0 Å². The molecule has 0 spiro atoms. The van der Waals surface area contributed by atoms with E-state index in [1.54, 1.807) is 6.07 Å². The Morgan fingerprint density at radius 2 is 2.00 bits per heavy atom. The number of amides is 1. The SMILES string of the molecule is N#Cc1cccc(C(=O)Nc2ccc(F)c(F)c2)n1. The molecular formula is C13H7F2N3O. The first-order valence-electron chi connectivity index (χ1n) is 5.23. The van der Waals surface area contributed by atoms with E-state index in [4.69, 9.17) is 5.26 Å². The van der Waals surface area contributed by atoms with Crippen molar-refractivity contribution in [3.05, 3.63) is 59.4 Å². The number of carbonyl (C=O) groups is 1. The third-order valence-corrected chi connectivity index (χ3v) is 2.27. The lowest BCUT2D eigenvalue weighted by atomic mass is 10.2. The summed E-state index contributed by atoms with van der Waals surface area (Å²) in [4.78, 5) is 15.6. The monoisotopic (exact) mass is 259 g/mol. The molecule has 0 radical (unpaired) electrons. The van der Waals surface area contributed by atoms with Crippen LogP contribution < -0.4 is 5.32 Å². The van der Waals surface area contributed by atoms with Gasteiger partial charge in [0.1, 0.15) is 17.5 Å². The van der Waals surface area contributed by atoms with Crippen molar-refractivity contribution in [1.82, 2.24) is 4.98 Å². The summed E-state index contributed by atoms with van der Waals surface area (Å²) in [6, 6.07) is 9.17. The normalized spacial score (nSPS) is 9.74. The van der Waals surface area contributed by atoms with Gasteiger partial charge in [-0.3, -0.25) is 4.79 Å². The lowest BCUT2D eigenvalue weighted by molar-refractivity contribution is 0.102. The summed E-state index contributed by atoms with van der Waals surface area (Å²) < 4.78 is 25.7. The largest absolute Gasteiger partial charge is 0.321 e. The third-order valence-electron chi connectivity index (χ3n) is 2.27. The summed E-state index contributed by atoms with van der Waals surface area (Å²) in [7, 11) is 0. The molecule has 94 valence electrons. The highest BCUT2D eigenvalue weighted by atomic mass is 19.2. The number of nitriles is 1. The second-order valence-electron chi connectivity index (χ2n) is 3.60. The number of hydrogen-bond donors (Lipinski definition) is 1. The van der Waals surface area contributed by atoms with Crippen LogP contribution in [-0.4, -0.2) is 10.9 Å². The topological polar surface area (TPSA) is 65.8 Å². The summed E-state index contributed by atoms with van der Waals surface area (Å²) in [5, 5.41) is 11.0. The van der Waals surface area contributed by atoms with E-state index >= 15 is 0 Å². The van der Waals surface area contributed by atoms with Crippen LogP contribution in [0.1, 0.15) is 16.2 Å². The number of hydrogen-bond acceptors (Lipinski definition) is 3. The number of aromatic nitrogens is 1. The van der Waals surface area contributed by atoms with Crippen molar-refractivity contribution in [1.29, 1.82) is 5.26 Å². The van der Waals surface area contributed by atoms with Gasteiger partial charge >= 0.3 is 0 Å². The molecular weight excluding hydrogens is 252 g/mol. The lowest BCUT2D eigenvalue weighted by Crippen LogP contribution is -2.14. The van der Waals surface area contributed by atoms with Crippen LogP contribution in [-0.2, 0) is 0 Å². The summed E-state index contributed by atoms with van der Waals surface area (Å²) in [5.41, 5.74) is 0.217. The summed E-state index contributed by atoms with van der Waals surface area (Å²) in [6.45, 7) is 0. The maximum atomic E-state index is 13.0. The molecule has 0 saturated heterocycles. The highest BCUT2D eigenvalue weighted by Gasteiger charge is 2.10. The Morgan fingerprint density at radius 3 is 2.68 bits per heavy atom. The van der Waals surface area contributed by atoms with Crippen molar-refractivity contribution in [2.45, 2.75) is 0 Å². The molecule has 0 bridgehead atoms. The molecule has 0 atom stereocenters. The number of carbonyl (C=O) groups excluding carboxylic acids is 1. The number of nitrogens with one attached hydrogen (secondary N) is 1. The molecule has 2 aromatic rings. The molecule has 0 aliphatic carbocycles. The van der Waals surface area contributed by atoms with Gasteiger partial charge in [-0.05, 0) is 24.3 Å². The van der Waals surface area contributed by atoms with E-state index in [1.807, 2.05) is 0 Å². The lowest BCUT2D eigenvalue weighted by Gasteiger charge is -2.05. The van der Waals surface area contributed by atoms with Gasteiger partial charge in [-0.2, -0.15) is 5.26 Å². The van der Waals surface area contributed by atoms with Crippen LogP contribution in [0.15, 0.2) is 36.4 Å². The molecule has 0 aliphatic rings. The molecule has 0 fully saturated rings. The zero-order chi connectivity index (χ0) is 13.8. The quantitative estimate of drug-likeness (QED) is 0.901. The van der Waals surface area contributed by atoms with Crippen molar-refractivity contribution in [2.75, 3.05) is 5.32 Å². The van der Waals surface area contributed by atoms with Crippen LogP contribution >= 0.6 is 0 Å². The third kappa shape index (κ3) is 2.90. The molecule has 4 nitrogen and oxygen atoms in total. The van der Waals surface area contributed by atoms with E-state index in [0.717, 1.165) is 12.1 Å². The molecule has 1 N–H and O–H groups in total. The maximum Gasteiger partial charge on any atom is 0.274 e. The first kappa shape index (κ1) is 12.6. The standard InChI is InChI=1S/C13H7F2N3O/c14-10-5-4-8(6-11(10)15)18-13(19)12-3-1-2-9(7-16)17-12/h1-6H,(H,18,19). The number of anilines is 1. The van der Waals surface area contributed by atoms with E-state index < -0.39 is 17.5 Å². The average Bonchev–Trinajstić information content (AvgIpc) is 2.43. The van der Waals surface area contributed by atoms with Gasteiger partial charge in [0.05, 0.1) is 0 Å². The minimum Gasteiger partial charge on any atom is -0.321 e. The average molecular weight is 259 g/mol. The van der Waals surface area contributed by atoms with Crippen molar-refractivity contribution < 1.29 is 13.6 Å². The molecule has 1 aromatic heterocycles. The Kier molecular flexibility index (Phi) is 3.48. The number of benzene rings is 1. The fourth-order valence-electron chi connectivity index (χ4n) is 1.39. The van der Waals surface area contributed by atoms with Crippen LogP contribution in [0.25, 0.3) is 0 Å². The zero-order valence-corrected chi connectivity index (χ0v) is 9.52. The van der Waals surface area contributed by atoms with Crippen molar-refractivity contribution in [3.8, 4) is 6.07 Å². The van der Waals surface area contributed by atoms with E-state index in [-0.39, 0.29) is 17.1 Å². The molecule has 0 aliphatic heterocycles. The predicted molar refractivity (Wildman–Crippen MR) is 63.3 cm³/mol. The number of nitrogens with zero attached hydrogens (tertiary/aromatic N) is 2. The Balaban J connectivity index is 2.21. The van der Waals surface area contributed by atoms with Gasteiger partial charge in [0.15, 0.2) is 11.6 Å². The summed E-state index contributed by atoms with van der Waals surface area (Å²) in [5.74, 6) is -2.66. The van der Waals surface area contributed by atoms with Gasteiger partial charge < -0.3 is 5.32 Å². The fourth-order valence-corrected chi connectivity index (χ4v) is 1.39. The maximum absolute atomic E-state index is 13.0. The van der Waals surface area contributed by atoms with Crippen molar-refractivity contribution in [2.24, 2.45) is 0 Å². The highest BCUT2D eigenvalue weighted by molar-refractivity contribution is 6.02. The first-order chi connectivity index (χ1) is 9.10. The zero-order valence-electron chi connectivity index (χ0n) is 9.52. The molecule has 19 heavy (non-hydrogen) atoms. The molecule has 6 heteroatoms. The molecule has 1 amide bonds. The van der Waals surface area contributed by atoms with Crippen molar-refractivity contribution in [3.63, 3.8) is 0 Å². The van der Waals surface area contributed by atoms with Crippen LogP contribution in [0.4, 0.5) is 14.5 Å². The van der Waals surface area contributed by atoms with Crippen LogP contribution in [0, 0.1) is 23.0 Å². The number of halogens is 2. The van der Waals surface area contributed by atoms with Crippen LogP contribution in [0.2, 0.25) is 0 Å². The van der Waals surface area contributed by atoms with Gasteiger partial charge in [0.2, 0.25) is 0 Å². The van der Waals surface area contributed by atoms with E-state index in [9.17, 15) is 13.6 Å². The number of rotatable bonds is 2. The van der Waals surface area contributed by atoms with Gasteiger partial charge in [-0.15, -0.1) is 0 Å². The second-order valence-corrected chi connectivity index (χ2v) is 3.60. The molecule has 1 aromatic carbocycles. The first-order valence-corrected chi connectivity index (χ1v) is 5.23. The summed E-state index contributed by atoms with van der Waals surface area (Å²) >= 11 is 0. The highest BCUT2D eigenvalue weighted by Crippen LogP contribution is 2.14. The van der Waals surface area contributed by atoms with Crippen LogP contribution in [0.3, 0.4) is 0 Å². The Morgan fingerprint density at radius 1 is 1.21 bits per heavy atom. The Hall–Kier alpha value is -2.81. The van der Waals surface area contributed by atoms with Gasteiger partial charge in [-0.25, -0.2) is 13.8 Å². The Bertz CT molecular complexity index is 680. The van der Waals surface area contributed by atoms with Gasteiger partial charge in [-0.1, -0.05) is 6.07 Å². The molecule has 1 heterocycles. The molecule has 0 unspecified atom stereocenters. The minimum absolute atomic E-state index is 0.0174. The Labute approximate surface area is 107 Å². The minimum atomic E-state index is -1.06. The van der Waals surface area contributed by atoms with E-state index in [2.05, 4.69) is 10.3 Å². The van der Waals surface area contributed by atoms with E-state index in [1.165, 1.54) is 24.3 Å². The van der Waals surface area contributed by atoms with E-state index in [0.29, 0.717) is 0 Å². The smallest absolute Gasteiger partial charge is 0.274 e. The van der Waals surface area contributed by atoms with Gasteiger partial charge in [0.25, 0.3) is 5.91 Å². The summed E-state index contributed by atoms with van der Waals surface area (Å²) in [6.07, 6.45) is 0. The fraction of sp³-hybridized carbons (Fsp3) is 0. The molecule has 0 saturated carbocycles. The second kappa shape index (κ2) is 5.23. The number of pyridine rings is 1. The predicted octanol–water partition coefficient (Wildman–Crippen LogP) is 2.48.